The number of carbonyl (C=O) groups is 1. The maximum atomic E-state index is 12.5. The van der Waals surface area contributed by atoms with Crippen molar-refractivity contribution in [3.05, 3.63) is 71.6 Å². The van der Waals surface area contributed by atoms with Gasteiger partial charge >= 0.3 is 0 Å². The van der Waals surface area contributed by atoms with E-state index < -0.39 is 10.0 Å². The predicted octanol–water partition coefficient (Wildman–Crippen LogP) is 2.27. The van der Waals surface area contributed by atoms with Crippen molar-refractivity contribution in [2.45, 2.75) is 0 Å². The van der Waals surface area contributed by atoms with Gasteiger partial charge in [-0.1, -0.05) is 48.5 Å². The van der Waals surface area contributed by atoms with Crippen LogP contribution in [0.5, 0.6) is 0 Å². The number of benzene rings is 2. The minimum absolute atomic E-state index is 0.00789. The first-order valence-corrected chi connectivity index (χ1v) is 10.7. The number of hydrogen-bond acceptors (Lipinski definition) is 4. The van der Waals surface area contributed by atoms with Crippen LogP contribution in [0.1, 0.15) is 5.56 Å². The van der Waals surface area contributed by atoms with Gasteiger partial charge in [0.15, 0.2) is 0 Å². The SMILES string of the molecule is CN(C(=O)CN1CCN(S(=O)(=O)C=Cc2ccccc2)CC1)c1ccccc1. The first-order valence-electron chi connectivity index (χ1n) is 9.23. The number of amides is 1. The largest absolute Gasteiger partial charge is 0.314 e. The summed E-state index contributed by atoms with van der Waals surface area (Å²) in [4.78, 5) is 16.1. The van der Waals surface area contributed by atoms with Gasteiger partial charge in [-0.05, 0) is 23.8 Å². The molecule has 0 atom stereocenters. The first kappa shape index (κ1) is 20.3. The van der Waals surface area contributed by atoms with E-state index in [-0.39, 0.29) is 12.5 Å². The molecule has 3 rings (SSSR count). The highest BCUT2D eigenvalue weighted by Gasteiger charge is 2.26. The lowest BCUT2D eigenvalue weighted by molar-refractivity contribution is -0.119. The summed E-state index contributed by atoms with van der Waals surface area (Å²) in [6.07, 6.45) is 1.61. The normalized spacial score (nSPS) is 16.3. The van der Waals surface area contributed by atoms with E-state index in [1.54, 1.807) is 18.0 Å². The van der Waals surface area contributed by atoms with Crippen LogP contribution >= 0.6 is 0 Å². The molecule has 2 aromatic rings. The third-order valence-corrected chi connectivity index (χ3v) is 6.36. The predicted molar refractivity (Wildman–Crippen MR) is 112 cm³/mol. The maximum Gasteiger partial charge on any atom is 0.240 e. The number of rotatable bonds is 6. The van der Waals surface area contributed by atoms with E-state index in [0.717, 1.165) is 11.3 Å². The quantitative estimate of drug-likeness (QED) is 0.748. The first-order chi connectivity index (χ1) is 13.5. The van der Waals surface area contributed by atoms with Gasteiger partial charge in [-0.3, -0.25) is 9.69 Å². The average Bonchev–Trinajstić information content (AvgIpc) is 2.73. The molecule has 6 nitrogen and oxygen atoms in total. The number of piperazine rings is 1. The Labute approximate surface area is 166 Å². The van der Waals surface area contributed by atoms with E-state index in [9.17, 15) is 13.2 Å². The number of nitrogens with zero attached hydrogens (tertiary/aromatic N) is 3. The maximum absolute atomic E-state index is 12.5. The molecule has 0 radical (unpaired) electrons. The number of hydrogen-bond donors (Lipinski definition) is 0. The van der Waals surface area contributed by atoms with Gasteiger partial charge in [0.1, 0.15) is 0 Å². The summed E-state index contributed by atoms with van der Waals surface area (Å²) < 4.78 is 26.5. The van der Waals surface area contributed by atoms with Crippen molar-refractivity contribution in [3.8, 4) is 0 Å². The minimum Gasteiger partial charge on any atom is -0.314 e. The van der Waals surface area contributed by atoms with Gasteiger partial charge in [0.2, 0.25) is 15.9 Å². The minimum atomic E-state index is -3.46. The van der Waals surface area contributed by atoms with Crippen LogP contribution in [0.3, 0.4) is 0 Å². The third kappa shape index (κ3) is 5.28. The molecular formula is C21H25N3O3S. The van der Waals surface area contributed by atoms with Crippen molar-refractivity contribution >= 4 is 27.7 Å². The molecule has 1 aliphatic rings. The Morgan fingerprint density at radius 2 is 1.54 bits per heavy atom. The number of sulfonamides is 1. The molecule has 0 N–H and O–H groups in total. The lowest BCUT2D eigenvalue weighted by Crippen LogP contribution is -2.50. The fourth-order valence-electron chi connectivity index (χ4n) is 3.05. The van der Waals surface area contributed by atoms with Crippen LogP contribution in [0.4, 0.5) is 5.69 Å². The third-order valence-electron chi connectivity index (χ3n) is 4.80. The number of anilines is 1. The van der Waals surface area contributed by atoms with Gasteiger partial charge in [0, 0.05) is 44.3 Å². The van der Waals surface area contributed by atoms with Crippen molar-refractivity contribution in [1.82, 2.24) is 9.21 Å². The van der Waals surface area contributed by atoms with E-state index in [2.05, 4.69) is 0 Å². The molecule has 1 heterocycles. The standard InChI is InChI=1S/C21H25N3O3S/c1-22(20-10-6-3-7-11-20)21(25)18-23-13-15-24(16-14-23)28(26,27)17-12-19-8-4-2-5-9-19/h2-12,17H,13-16,18H2,1H3. The molecule has 148 valence electrons. The van der Waals surface area contributed by atoms with Crippen LogP contribution in [0.25, 0.3) is 6.08 Å². The second-order valence-corrected chi connectivity index (χ2v) is 8.54. The Hall–Kier alpha value is -2.48. The van der Waals surface area contributed by atoms with Crippen molar-refractivity contribution in [1.29, 1.82) is 0 Å². The van der Waals surface area contributed by atoms with Gasteiger partial charge in [0.05, 0.1) is 6.54 Å². The summed E-state index contributed by atoms with van der Waals surface area (Å²) in [6, 6.07) is 18.8. The Morgan fingerprint density at radius 3 is 2.14 bits per heavy atom. The number of para-hydroxylation sites is 1. The van der Waals surface area contributed by atoms with E-state index in [1.165, 1.54) is 9.71 Å². The molecule has 0 bridgehead atoms. The molecule has 1 aliphatic heterocycles. The van der Waals surface area contributed by atoms with Crippen LogP contribution in [-0.4, -0.2) is 63.3 Å². The highest BCUT2D eigenvalue weighted by Crippen LogP contribution is 2.14. The summed E-state index contributed by atoms with van der Waals surface area (Å²) in [5.41, 5.74) is 1.69. The highest BCUT2D eigenvalue weighted by molar-refractivity contribution is 7.92. The van der Waals surface area contributed by atoms with Crippen molar-refractivity contribution in [2.75, 3.05) is 44.7 Å². The molecule has 1 saturated heterocycles. The molecule has 0 aromatic heterocycles. The molecule has 0 aliphatic carbocycles. The topological polar surface area (TPSA) is 60.9 Å². The Balaban J connectivity index is 1.52. The van der Waals surface area contributed by atoms with Crippen LogP contribution in [0, 0.1) is 0 Å². The molecule has 1 amide bonds. The number of carbonyl (C=O) groups excluding carboxylic acids is 1. The summed E-state index contributed by atoms with van der Waals surface area (Å²) >= 11 is 0. The Kier molecular flexibility index (Phi) is 6.61. The van der Waals surface area contributed by atoms with Gasteiger partial charge in [0.25, 0.3) is 0 Å². The van der Waals surface area contributed by atoms with Crippen LogP contribution in [0.15, 0.2) is 66.1 Å². The zero-order valence-electron chi connectivity index (χ0n) is 15.9. The van der Waals surface area contributed by atoms with Gasteiger partial charge < -0.3 is 4.90 Å². The molecular weight excluding hydrogens is 374 g/mol. The summed E-state index contributed by atoms with van der Waals surface area (Å²) in [5.74, 6) is -0.00789. The van der Waals surface area contributed by atoms with E-state index >= 15 is 0 Å². The van der Waals surface area contributed by atoms with Gasteiger partial charge in [-0.2, -0.15) is 4.31 Å². The molecule has 28 heavy (non-hydrogen) atoms. The van der Waals surface area contributed by atoms with E-state index in [0.29, 0.717) is 26.2 Å². The van der Waals surface area contributed by atoms with Crippen molar-refractivity contribution in [3.63, 3.8) is 0 Å². The zero-order chi connectivity index (χ0) is 20.0. The Bertz CT molecular complexity index is 906. The average molecular weight is 400 g/mol. The number of likely N-dealkylation sites (N-methyl/N-ethyl adjacent to an activating group) is 1. The van der Waals surface area contributed by atoms with E-state index in [4.69, 9.17) is 0 Å². The van der Waals surface area contributed by atoms with Crippen LogP contribution in [-0.2, 0) is 14.8 Å². The highest BCUT2D eigenvalue weighted by atomic mass is 32.2. The fraction of sp³-hybridized carbons (Fsp3) is 0.286. The summed E-state index contributed by atoms with van der Waals surface area (Å²) in [7, 11) is -1.71. The van der Waals surface area contributed by atoms with Gasteiger partial charge in [-0.15, -0.1) is 0 Å². The fourth-order valence-corrected chi connectivity index (χ4v) is 4.22. The lowest BCUT2D eigenvalue weighted by atomic mass is 10.2. The molecule has 0 saturated carbocycles. The smallest absolute Gasteiger partial charge is 0.240 e. The zero-order valence-corrected chi connectivity index (χ0v) is 16.8. The molecule has 1 fully saturated rings. The molecule has 0 spiro atoms. The summed E-state index contributed by atoms with van der Waals surface area (Å²) in [6.45, 7) is 2.10. The monoisotopic (exact) mass is 399 g/mol. The second kappa shape index (κ2) is 9.14. The molecule has 0 unspecified atom stereocenters. The van der Waals surface area contributed by atoms with Crippen molar-refractivity contribution < 1.29 is 13.2 Å². The van der Waals surface area contributed by atoms with Crippen molar-refractivity contribution in [2.24, 2.45) is 0 Å². The van der Waals surface area contributed by atoms with E-state index in [1.807, 2.05) is 65.6 Å². The van der Waals surface area contributed by atoms with Crippen LogP contribution < -0.4 is 4.90 Å². The molecule has 2 aromatic carbocycles. The lowest BCUT2D eigenvalue weighted by Gasteiger charge is -2.33. The molecule has 7 heteroatoms. The Morgan fingerprint density at radius 1 is 0.964 bits per heavy atom. The second-order valence-electron chi connectivity index (χ2n) is 6.72. The van der Waals surface area contributed by atoms with Crippen LogP contribution in [0.2, 0.25) is 0 Å². The van der Waals surface area contributed by atoms with Gasteiger partial charge in [-0.25, -0.2) is 8.42 Å². The summed E-state index contributed by atoms with van der Waals surface area (Å²) in [5, 5.41) is 1.26.